The Morgan fingerprint density at radius 1 is 1.19 bits per heavy atom. The van der Waals surface area contributed by atoms with E-state index in [0.717, 1.165) is 38.4 Å². The number of rotatable bonds is 9. The molecule has 1 heterocycles. The molecule has 2 atom stereocenters. The van der Waals surface area contributed by atoms with Gasteiger partial charge in [0.15, 0.2) is 0 Å². The highest BCUT2D eigenvalue weighted by atomic mass is 32.2. The number of amides is 1. The number of benzene rings is 1. The Morgan fingerprint density at radius 3 is 2.35 bits per heavy atom. The van der Waals surface area contributed by atoms with Crippen molar-refractivity contribution in [2.24, 2.45) is 5.92 Å². The summed E-state index contributed by atoms with van der Waals surface area (Å²) in [7, 11) is -3.70. The molecule has 10 nitrogen and oxygen atoms in total. The lowest BCUT2D eigenvalue weighted by atomic mass is 10.2. The van der Waals surface area contributed by atoms with Crippen molar-refractivity contribution in [1.82, 2.24) is 9.21 Å². The molecule has 11 heteroatoms. The number of nitro groups is 1. The first-order valence-corrected chi connectivity index (χ1v) is 12.2. The smallest absolute Gasteiger partial charge is 0.243 e. The monoisotopic (exact) mass is 453 g/mol. The summed E-state index contributed by atoms with van der Waals surface area (Å²) in [5, 5.41) is 13.7. The van der Waals surface area contributed by atoms with Gasteiger partial charge in [-0.05, 0) is 24.7 Å². The van der Waals surface area contributed by atoms with Crippen molar-refractivity contribution >= 4 is 27.3 Å². The van der Waals surface area contributed by atoms with E-state index in [0.29, 0.717) is 18.8 Å². The SMILES string of the molecule is CCN1CCN(c2ccc(S(=O)(=O)N(CC)CC)cc2NC(=O)C2CC2[N+](=O)[O-])CC1. The molecule has 2 fully saturated rings. The van der Waals surface area contributed by atoms with Gasteiger partial charge in [-0.3, -0.25) is 14.9 Å². The van der Waals surface area contributed by atoms with Crippen molar-refractivity contribution in [1.29, 1.82) is 0 Å². The molecule has 0 radical (unpaired) electrons. The zero-order valence-electron chi connectivity index (χ0n) is 18.3. The van der Waals surface area contributed by atoms with E-state index >= 15 is 0 Å². The summed E-state index contributed by atoms with van der Waals surface area (Å²) in [6.45, 7) is 10.5. The van der Waals surface area contributed by atoms with Gasteiger partial charge in [-0.15, -0.1) is 0 Å². The van der Waals surface area contributed by atoms with Crippen LogP contribution < -0.4 is 10.2 Å². The predicted octanol–water partition coefficient (Wildman–Crippen LogP) is 1.46. The molecule has 1 aliphatic carbocycles. The zero-order valence-corrected chi connectivity index (χ0v) is 19.1. The third kappa shape index (κ3) is 4.99. The van der Waals surface area contributed by atoms with Crippen LogP contribution in [-0.4, -0.2) is 80.3 Å². The van der Waals surface area contributed by atoms with Crippen molar-refractivity contribution in [2.45, 2.75) is 38.1 Å². The van der Waals surface area contributed by atoms with E-state index in [4.69, 9.17) is 0 Å². The fourth-order valence-electron chi connectivity index (χ4n) is 3.99. The molecule has 31 heavy (non-hydrogen) atoms. The van der Waals surface area contributed by atoms with Crippen LogP contribution >= 0.6 is 0 Å². The highest BCUT2D eigenvalue weighted by Crippen LogP contribution is 2.36. The van der Waals surface area contributed by atoms with Crippen LogP contribution in [0.3, 0.4) is 0 Å². The molecule has 1 N–H and O–H groups in total. The van der Waals surface area contributed by atoms with Gasteiger partial charge in [0.25, 0.3) is 0 Å². The molecule has 0 aromatic heterocycles. The Hall–Kier alpha value is -2.24. The lowest BCUT2D eigenvalue weighted by molar-refractivity contribution is -0.497. The van der Waals surface area contributed by atoms with Crippen LogP contribution in [0.5, 0.6) is 0 Å². The number of hydrogen-bond acceptors (Lipinski definition) is 7. The number of carbonyl (C=O) groups is 1. The van der Waals surface area contributed by atoms with Crippen LogP contribution in [0.1, 0.15) is 27.2 Å². The number of carbonyl (C=O) groups excluding carboxylic acids is 1. The number of likely N-dealkylation sites (N-methyl/N-ethyl adjacent to an activating group) is 1. The van der Waals surface area contributed by atoms with Gasteiger partial charge in [0.05, 0.1) is 16.3 Å². The quantitative estimate of drug-likeness (QED) is 0.444. The van der Waals surface area contributed by atoms with Crippen molar-refractivity contribution < 1.29 is 18.1 Å². The summed E-state index contributed by atoms with van der Waals surface area (Å²) in [4.78, 5) is 27.7. The zero-order chi connectivity index (χ0) is 22.8. The molecular weight excluding hydrogens is 422 g/mol. The number of sulfonamides is 1. The van der Waals surface area contributed by atoms with E-state index in [9.17, 15) is 23.3 Å². The fraction of sp³-hybridized carbons (Fsp3) is 0.650. The van der Waals surface area contributed by atoms with E-state index in [1.165, 1.54) is 10.4 Å². The molecule has 3 rings (SSSR count). The first-order valence-electron chi connectivity index (χ1n) is 10.8. The van der Waals surface area contributed by atoms with Gasteiger partial charge in [0.2, 0.25) is 22.0 Å². The molecular formula is C20H31N5O5S. The number of piperazine rings is 1. The van der Waals surface area contributed by atoms with E-state index in [1.54, 1.807) is 26.0 Å². The molecule has 1 aliphatic heterocycles. The Labute approximate surface area is 183 Å². The topological polar surface area (TPSA) is 116 Å². The highest BCUT2D eigenvalue weighted by molar-refractivity contribution is 7.89. The number of nitrogens with one attached hydrogen (secondary N) is 1. The van der Waals surface area contributed by atoms with Gasteiger partial charge in [0.1, 0.15) is 5.92 Å². The van der Waals surface area contributed by atoms with Crippen LogP contribution in [0.15, 0.2) is 23.1 Å². The van der Waals surface area contributed by atoms with Crippen LogP contribution in [0.2, 0.25) is 0 Å². The average molecular weight is 454 g/mol. The summed E-state index contributed by atoms with van der Waals surface area (Å²) in [5.41, 5.74) is 1.12. The Balaban J connectivity index is 1.91. The average Bonchev–Trinajstić information content (AvgIpc) is 3.56. The second-order valence-corrected chi connectivity index (χ2v) is 9.81. The standard InChI is InChI=1S/C20H31N5O5S/c1-4-22-9-11-23(12-10-22)18-8-7-15(31(29,30)24(5-2)6-3)13-17(18)21-20(26)16-14-19(16)25(27)28/h7-8,13,16,19H,4-6,9-12,14H2,1-3H3,(H,21,26). The lowest BCUT2D eigenvalue weighted by Gasteiger charge is -2.36. The van der Waals surface area contributed by atoms with Crippen LogP contribution in [0.25, 0.3) is 0 Å². The maximum Gasteiger partial charge on any atom is 0.243 e. The maximum atomic E-state index is 13.0. The summed E-state index contributed by atoms with van der Waals surface area (Å²) in [5.74, 6) is -1.12. The molecule has 172 valence electrons. The van der Waals surface area contributed by atoms with Gasteiger partial charge in [0, 0.05) is 50.6 Å². The van der Waals surface area contributed by atoms with Gasteiger partial charge in [-0.1, -0.05) is 20.8 Å². The maximum absolute atomic E-state index is 13.0. The Bertz CT molecular complexity index is 926. The minimum Gasteiger partial charge on any atom is -0.367 e. The van der Waals surface area contributed by atoms with E-state index in [-0.39, 0.29) is 11.3 Å². The lowest BCUT2D eigenvalue weighted by Crippen LogP contribution is -2.46. The summed E-state index contributed by atoms with van der Waals surface area (Å²) in [6, 6.07) is 3.92. The fourth-order valence-corrected chi connectivity index (χ4v) is 5.48. The molecule has 2 aliphatic rings. The molecule has 1 saturated carbocycles. The third-order valence-corrected chi connectivity index (χ3v) is 8.14. The first-order chi connectivity index (χ1) is 14.7. The van der Waals surface area contributed by atoms with E-state index < -0.39 is 32.8 Å². The van der Waals surface area contributed by atoms with Crippen molar-refractivity contribution in [2.75, 3.05) is 56.0 Å². The predicted molar refractivity (Wildman–Crippen MR) is 118 cm³/mol. The first kappa shape index (κ1) is 23.4. The molecule has 0 bridgehead atoms. The van der Waals surface area contributed by atoms with Gasteiger partial charge in [-0.25, -0.2) is 8.42 Å². The molecule has 1 aromatic rings. The normalized spacial score (nSPS) is 21.9. The summed E-state index contributed by atoms with van der Waals surface area (Å²) >= 11 is 0. The summed E-state index contributed by atoms with van der Waals surface area (Å²) < 4.78 is 27.3. The van der Waals surface area contributed by atoms with Gasteiger partial charge in [-0.2, -0.15) is 4.31 Å². The highest BCUT2D eigenvalue weighted by Gasteiger charge is 2.53. The van der Waals surface area contributed by atoms with Gasteiger partial charge < -0.3 is 15.1 Å². The molecule has 1 amide bonds. The number of hydrogen-bond donors (Lipinski definition) is 1. The van der Waals surface area contributed by atoms with Crippen molar-refractivity contribution in [3.8, 4) is 0 Å². The minimum absolute atomic E-state index is 0.101. The summed E-state index contributed by atoms with van der Waals surface area (Å²) in [6.07, 6.45) is 0.209. The molecule has 0 spiro atoms. The second-order valence-electron chi connectivity index (χ2n) is 7.87. The number of nitrogens with zero attached hydrogens (tertiary/aromatic N) is 4. The Kier molecular flexibility index (Phi) is 7.17. The largest absolute Gasteiger partial charge is 0.367 e. The van der Waals surface area contributed by atoms with Crippen LogP contribution in [0.4, 0.5) is 11.4 Å². The van der Waals surface area contributed by atoms with E-state index in [1.807, 2.05) is 0 Å². The minimum atomic E-state index is -3.70. The third-order valence-electron chi connectivity index (χ3n) is 6.09. The molecule has 1 saturated heterocycles. The van der Waals surface area contributed by atoms with Crippen molar-refractivity contribution in [3.05, 3.63) is 28.3 Å². The van der Waals surface area contributed by atoms with Crippen LogP contribution in [0, 0.1) is 16.0 Å². The molecule has 2 unspecified atom stereocenters. The van der Waals surface area contributed by atoms with E-state index in [2.05, 4.69) is 22.0 Å². The van der Waals surface area contributed by atoms with Gasteiger partial charge >= 0.3 is 0 Å². The second kappa shape index (κ2) is 9.49. The number of anilines is 2. The molecule has 1 aromatic carbocycles. The van der Waals surface area contributed by atoms with Crippen LogP contribution in [-0.2, 0) is 14.8 Å². The van der Waals surface area contributed by atoms with Crippen molar-refractivity contribution in [3.63, 3.8) is 0 Å². The Morgan fingerprint density at radius 2 is 1.84 bits per heavy atom.